The number of carboxylic acids is 1. The van der Waals surface area contributed by atoms with Crippen LogP contribution in [-0.4, -0.2) is 28.0 Å². The van der Waals surface area contributed by atoms with E-state index in [1.807, 2.05) is 20.8 Å². The van der Waals surface area contributed by atoms with E-state index in [0.29, 0.717) is 22.1 Å². The molecule has 0 aliphatic heterocycles. The van der Waals surface area contributed by atoms with Crippen molar-refractivity contribution >= 4 is 28.3 Å². The first kappa shape index (κ1) is 16.4. The number of anilines is 1. The molecule has 7 heteroatoms. The monoisotopic (exact) mass is 299 g/mol. The Morgan fingerprint density at radius 2 is 2.05 bits per heavy atom. The Morgan fingerprint density at radius 1 is 1.45 bits per heavy atom. The topological polar surface area (TPSA) is 105 Å². The normalized spacial score (nSPS) is 13.0. The van der Waals surface area contributed by atoms with Crippen molar-refractivity contribution in [1.82, 2.24) is 10.3 Å². The number of thiazole rings is 1. The Bertz CT molecular complexity index is 505. The molecule has 1 unspecified atom stereocenters. The number of nitrogens with one attached hydrogen (secondary N) is 1. The lowest BCUT2D eigenvalue weighted by atomic mass is 9.87. The highest BCUT2D eigenvalue weighted by molar-refractivity contribution is 7.17. The summed E-state index contributed by atoms with van der Waals surface area (Å²) in [5.74, 6) is -1.24. The van der Waals surface area contributed by atoms with Gasteiger partial charge in [0.1, 0.15) is 4.88 Å². The quantitative estimate of drug-likeness (QED) is 0.771. The molecule has 1 atom stereocenters. The van der Waals surface area contributed by atoms with Crippen LogP contribution in [0.25, 0.3) is 0 Å². The summed E-state index contributed by atoms with van der Waals surface area (Å²) < 4.78 is 0. The Balaban J connectivity index is 2.81. The molecule has 0 spiro atoms. The van der Waals surface area contributed by atoms with E-state index < -0.39 is 12.0 Å². The average Bonchev–Trinajstić information content (AvgIpc) is 2.53. The third kappa shape index (κ3) is 5.16. The van der Waals surface area contributed by atoms with Crippen LogP contribution in [0.4, 0.5) is 5.13 Å². The van der Waals surface area contributed by atoms with Crippen LogP contribution in [0.15, 0.2) is 0 Å². The van der Waals surface area contributed by atoms with E-state index in [1.165, 1.54) is 0 Å². The molecule has 1 rings (SSSR count). The van der Waals surface area contributed by atoms with Gasteiger partial charge in [-0.25, -0.2) is 4.98 Å². The van der Waals surface area contributed by atoms with E-state index in [2.05, 4.69) is 10.3 Å². The molecule has 1 aromatic rings. The fraction of sp³-hybridized carbons (Fsp3) is 0.615. The maximum absolute atomic E-state index is 12.2. The predicted octanol–water partition coefficient (Wildman–Crippen LogP) is 2.04. The number of hydrogen-bond donors (Lipinski definition) is 3. The first-order chi connectivity index (χ1) is 9.08. The van der Waals surface area contributed by atoms with Crippen LogP contribution in [0.2, 0.25) is 0 Å². The highest BCUT2D eigenvalue weighted by Gasteiger charge is 2.24. The molecule has 0 fully saturated rings. The summed E-state index contributed by atoms with van der Waals surface area (Å²) >= 11 is 1.11. The van der Waals surface area contributed by atoms with Crippen LogP contribution >= 0.6 is 11.3 Å². The number of carboxylic acid groups (broad SMARTS) is 1. The third-order valence-electron chi connectivity index (χ3n) is 2.63. The van der Waals surface area contributed by atoms with Crippen LogP contribution in [-0.2, 0) is 4.79 Å². The lowest BCUT2D eigenvalue weighted by Gasteiger charge is -2.25. The maximum Gasteiger partial charge on any atom is 0.305 e. The molecule has 0 aromatic carbocycles. The zero-order chi connectivity index (χ0) is 15.5. The van der Waals surface area contributed by atoms with Crippen molar-refractivity contribution < 1.29 is 14.7 Å². The number of nitrogens with two attached hydrogens (primary N) is 1. The molecule has 1 aromatic heterocycles. The predicted molar refractivity (Wildman–Crippen MR) is 78.8 cm³/mol. The largest absolute Gasteiger partial charge is 0.481 e. The minimum absolute atomic E-state index is 0.0742. The molecule has 20 heavy (non-hydrogen) atoms. The molecule has 0 aliphatic rings. The van der Waals surface area contributed by atoms with Gasteiger partial charge in [-0.2, -0.15) is 0 Å². The molecule has 6 nitrogen and oxygen atoms in total. The lowest BCUT2D eigenvalue weighted by molar-refractivity contribution is -0.137. The van der Waals surface area contributed by atoms with Crippen molar-refractivity contribution in [2.24, 2.45) is 5.41 Å². The van der Waals surface area contributed by atoms with Crippen molar-refractivity contribution in [3.05, 3.63) is 10.6 Å². The van der Waals surface area contributed by atoms with Gasteiger partial charge in [-0.05, 0) is 18.8 Å². The Hall–Kier alpha value is -1.63. The highest BCUT2D eigenvalue weighted by atomic mass is 32.1. The summed E-state index contributed by atoms with van der Waals surface area (Å²) in [6, 6.07) is -0.414. The second-order valence-corrected chi connectivity index (χ2v) is 7.03. The first-order valence-electron chi connectivity index (χ1n) is 6.34. The van der Waals surface area contributed by atoms with Gasteiger partial charge in [0.05, 0.1) is 12.1 Å². The van der Waals surface area contributed by atoms with E-state index in [4.69, 9.17) is 10.8 Å². The molecule has 1 amide bonds. The van der Waals surface area contributed by atoms with Gasteiger partial charge in [0, 0.05) is 6.04 Å². The third-order valence-corrected chi connectivity index (χ3v) is 3.62. The highest BCUT2D eigenvalue weighted by Crippen LogP contribution is 2.24. The molecule has 0 saturated carbocycles. The van der Waals surface area contributed by atoms with Crippen LogP contribution in [0, 0.1) is 12.3 Å². The lowest BCUT2D eigenvalue weighted by Crippen LogP contribution is -2.39. The van der Waals surface area contributed by atoms with Crippen molar-refractivity contribution in [1.29, 1.82) is 0 Å². The van der Waals surface area contributed by atoms with E-state index >= 15 is 0 Å². The van der Waals surface area contributed by atoms with Gasteiger partial charge in [0.15, 0.2) is 5.13 Å². The standard InChI is InChI=1S/C13H21N3O3S/c1-7-10(20-12(14)15-7)11(19)16-8(5-9(17)18)6-13(2,3)4/h8H,5-6H2,1-4H3,(H2,14,15)(H,16,19)(H,17,18). The molecule has 0 aliphatic carbocycles. The number of rotatable bonds is 5. The Kier molecular flexibility index (Phi) is 5.10. The van der Waals surface area contributed by atoms with Crippen molar-refractivity contribution in [3.8, 4) is 0 Å². The van der Waals surface area contributed by atoms with Gasteiger partial charge >= 0.3 is 5.97 Å². The number of amides is 1. The molecule has 0 bridgehead atoms. The molecular formula is C13H21N3O3S. The van der Waals surface area contributed by atoms with E-state index in [-0.39, 0.29) is 17.7 Å². The number of hydrogen-bond acceptors (Lipinski definition) is 5. The summed E-state index contributed by atoms with van der Waals surface area (Å²) in [6.45, 7) is 7.72. The summed E-state index contributed by atoms with van der Waals surface area (Å²) in [7, 11) is 0. The molecule has 0 radical (unpaired) electrons. The van der Waals surface area contributed by atoms with Gasteiger partial charge in [-0.15, -0.1) is 0 Å². The molecule has 0 saturated heterocycles. The average molecular weight is 299 g/mol. The number of aryl methyl sites for hydroxylation is 1. The number of nitrogen functional groups attached to an aromatic ring is 1. The van der Waals surface area contributed by atoms with Gasteiger partial charge < -0.3 is 16.2 Å². The van der Waals surface area contributed by atoms with Crippen molar-refractivity contribution in [2.45, 2.75) is 46.6 Å². The summed E-state index contributed by atoms with van der Waals surface area (Å²) in [5.41, 5.74) is 6.05. The van der Waals surface area contributed by atoms with Gasteiger partial charge in [-0.3, -0.25) is 9.59 Å². The minimum Gasteiger partial charge on any atom is -0.481 e. The number of carbonyl (C=O) groups is 2. The zero-order valence-electron chi connectivity index (χ0n) is 12.2. The molecular weight excluding hydrogens is 278 g/mol. The number of nitrogens with zero attached hydrogens (tertiary/aromatic N) is 1. The zero-order valence-corrected chi connectivity index (χ0v) is 13.0. The van der Waals surface area contributed by atoms with E-state index in [0.717, 1.165) is 11.3 Å². The SMILES string of the molecule is Cc1nc(N)sc1C(=O)NC(CC(=O)O)CC(C)(C)C. The summed E-state index contributed by atoms with van der Waals surface area (Å²) in [6.07, 6.45) is 0.481. The molecule has 4 N–H and O–H groups in total. The number of aromatic nitrogens is 1. The maximum atomic E-state index is 12.2. The fourth-order valence-corrected chi connectivity index (χ4v) is 2.74. The molecule has 1 heterocycles. The summed E-state index contributed by atoms with van der Waals surface area (Å²) in [4.78, 5) is 27.5. The summed E-state index contributed by atoms with van der Waals surface area (Å²) in [5, 5.41) is 12.0. The first-order valence-corrected chi connectivity index (χ1v) is 7.15. The smallest absolute Gasteiger partial charge is 0.305 e. The second kappa shape index (κ2) is 6.21. The van der Waals surface area contributed by atoms with Crippen molar-refractivity contribution in [3.63, 3.8) is 0 Å². The van der Waals surface area contributed by atoms with Gasteiger partial charge in [-0.1, -0.05) is 32.1 Å². The fourth-order valence-electron chi connectivity index (χ4n) is 2.00. The Morgan fingerprint density at radius 3 is 2.45 bits per heavy atom. The number of carbonyl (C=O) groups excluding carboxylic acids is 1. The van der Waals surface area contributed by atoms with E-state index in [9.17, 15) is 9.59 Å². The van der Waals surface area contributed by atoms with Gasteiger partial charge in [0.2, 0.25) is 0 Å². The van der Waals surface area contributed by atoms with Crippen LogP contribution in [0.1, 0.15) is 49.0 Å². The van der Waals surface area contributed by atoms with E-state index in [1.54, 1.807) is 6.92 Å². The molecule has 112 valence electrons. The van der Waals surface area contributed by atoms with Gasteiger partial charge in [0.25, 0.3) is 5.91 Å². The minimum atomic E-state index is -0.930. The van der Waals surface area contributed by atoms with Crippen LogP contribution in [0.5, 0.6) is 0 Å². The second-order valence-electron chi connectivity index (χ2n) is 6.00. The van der Waals surface area contributed by atoms with Crippen LogP contribution < -0.4 is 11.1 Å². The van der Waals surface area contributed by atoms with Crippen molar-refractivity contribution in [2.75, 3.05) is 5.73 Å². The van der Waals surface area contributed by atoms with Crippen LogP contribution in [0.3, 0.4) is 0 Å². The Labute approximate surface area is 122 Å². The number of aliphatic carboxylic acids is 1.